The number of carbonyl (C=O) groups excluding carboxylic acids is 2. The van der Waals surface area contributed by atoms with E-state index in [-0.39, 0.29) is 23.9 Å². The average Bonchev–Trinajstić information content (AvgIpc) is 3.12. The number of nitrogens with one attached hydrogen (secondary N) is 2. The van der Waals surface area contributed by atoms with Gasteiger partial charge in [-0.2, -0.15) is 0 Å². The van der Waals surface area contributed by atoms with Crippen LogP contribution in [0.2, 0.25) is 0 Å². The van der Waals surface area contributed by atoms with Crippen LogP contribution in [0.4, 0.5) is 4.79 Å². The molecular weight excluding hydrogens is 312 g/mol. The minimum atomic E-state index is -0.192. The predicted octanol–water partition coefficient (Wildman–Crippen LogP) is 2.08. The molecule has 1 aromatic rings. The molecule has 1 aliphatic heterocycles. The first-order valence-electron chi connectivity index (χ1n) is 8.35. The van der Waals surface area contributed by atoms with Crippen LogP contribution >= 0.6 is 11.3 Å². The topological polar surface area (TPSA) is 74.3 Å². The first-order chi connectivity index (χ1) is 11.1. The van der Waals surface area contributed by atoms with Gasteiger partial charge in [0.15, 0.2) is 0 Å². The highest BCUT2D eigenvalue weighted by molar-refractivity contribution is 7.11. The van der Waals surface area contributed by atoms with Crippen LogP contribution in [0.5, 0.6) is 0 Å². The Bertz CT molecular complexity index is 584. The zero-order valence-corrected chi connectivity index (χ0v) is 14.5. The van der Waals surface area contributed by atoms with E-state index >= 15 is 0 Å². The second kappa shape index (κ2) is 6.86. The van der Waals surface area contributed by atoms with Gasteiger partial charge in [0.05, 0.1) is 6.04 Å². The number of hydrogen-bond acceptors (Lipinski definition) is 4. The first kappa shape index (κ1) is 16.2. The van der Waals surface area contributed by atoms with Gasteiger partial charge in [0.2, 0.25) is 5.91 Å². The molecule has 2 N–H and O–H groups in total. The molecule has 0 radical (unpaired) electrons. The van der Waals surface area contributed by atoms with Crippen molar-refractivity contribution < 1.29 is 9.59 Å². The third-order valence-electron chi connectivity index (χ3n) is 4.42. The fourth-order valence-corrected chi connectivity index (χ4v) is 3.78. The SMILES string of the molecule is CCc1cnc([C@@H](C)NC(=O)NC[C@H]2CC(=O)N(C3CC3)C2)s1. The largest absolute Gasteiger partial charge is 0.339 e. The molecule has 126 valence electrons. The van der Waals surface area contributed by atoms with Crippen molar-refractivity contribution in [2.75, 3.05) is 13.1 Å². The maximum atomic E-state index is 12.0. The number of likely N-dealkylation sites (tertiary alicyclic amines) is 1. The van der Waals surface area contributed by atoms with Gasteiger partial charge >= 0.3 is 6.03 Å². The summed E-state index contributed by atoms with van der Waals surface area (Å²) >= 11 is 1.63. The molecule has 0 bridgehead atoms. The van der Waals surface area contributed by atoms with Gasteiger partial charge in [-0.15, -0.1) is 11.3 Å². The Labute approximate surface area is 140 Å². The second-order valence-electron chi connectivity index (χ2n) is 6.44. The molecule has 1 aliphatic carbocycles. The lowest BCUT2D eigenvalue weighted by Gasteiger charge is -2.16. The molecule has 2 atom stereocenters. The van der Waals surface area contributed by atoms with Crippen LogP contribution < -0.4 is 10.6 Å². The smallest absolute Gasteiger partial charge is 0.315 e. The van der Waals surface area contributed by atoms with E-state index in [4.69, 9.17) is 0 Å². The lowest BCUT2D eigenvalue weighted by Crippen LogP contribution is -2.40. The Morgan fingerprint density at radius 3 is 2.96 bits per heavy atom. The van der Waals surface area contributed by atoms with E-state index in [1.54, 1.807) is 11.3 Å². The number of aromatic nitrogens is 1. The molecule has 3 rings (SSSR count). The van der Waals surface area contributed by atoms with Gasteiger partial charge in [-0.25, -0.2) is 9.78 Å². The maximum absolute atomic E-state index is 12.0. The van der Waals surface area contributed by atoms with Gasteiger partial charge in [-0.3, -0.25) is 4.79 Å². The quantitative estimate of drug-likeness (QED) is 0.835. The highest BCUT2D eigenvalue weighted by Crippen LogP contribution is 2.32. The molecule has 2 heterocycles. The molecule has 0 unspecified atom stereocenters. The van der Waals surface area contributed by atoms with Crippen LogP contribution in [0.3, 0.4) is 0 Å². The van der Waals surface area contributed by atoms with E-state index in [0.29, 0.717) is 19.0 Å². The van der Waals surface area contributed by atoms with Gasteiger partial charge < -0.3 is 15.5 Å². The number of nitrogens with zero attached hydrogens (tertiary/aromatic N) is 2. The van der Waals surface area contributed by atoms with Crippen molar-refractivity contribution in [2.45, 2.75) is 51.6 Å². The minimum absolute atomic E-state index is 0.103. The molecule has 6 nitrogen and oxygen atoms in total. The number of hydrogen-bond donors (Lipinski definition) is 2. The number of thiazole rings is 1. The highest BCUT2D eigenvalue weighted by atomic mass is 32.1. The van der Waals surface area contributed by atoms with E-state index in [1.807, 2.05) is 18.0 Å². The molecule has 1 saturated heterocycles. The van der Waals surface area contributed by atoms with E-state index in [1.165, 1.54) is 4.88 Å². The number of rotatable bonds is 6. The van der Waals surface area contributed by atoms with Gasteiger partial charge in [0.25, 0.3) is 0 Å². The number of urea groups is 1. The van der Waals surface area contributed by atoms with E-state index < -0.39 is 0 Å². The van der Waals surface area contributed by atoms with Crippen LogP contribution in [0.15, 0.2) is 6.20 Å². The number of aryl methyl sites for hydroxylation is 1. The summed E-state index contributed by atoms with van der Waals surface area (Å²) in [4.78, 5) is 31.5. The molecular formula is C16H24N4O2S. The van der Waals surface area contributed by atoms with Crippen molar-refractivity contribution in [2.24, 2.45) is 5.92 Å². The van der Waals surface area contributed by atoms with Crippen LogP contribution in [-0.4, -0.2) is 41.0 Å². The van der Waals surface area contributed by atoms with Crippen LogP contribution in [0.25, 0.3) is 0 Å². The Morgan fingerprint density at radius 1 is 1.52 bits per heavy atom. The summed E-state index contributed by atoms with van der Waals surface area (Å²) < 4.78 is 0. The Hall–Kier alpha value is -1.63. The molecule has 2 aliphatic rings. The zero-order chi connectivity index (χ0) is 16.4. The summed E-state index contributed by atoms with van der Waals surface area (Å²) in [6.45, 7) is 5.36. The van der Waals surface area contributed by atoms with Crippen LogP contribution in [0, 0.1) is 5.92 Å². The summed E-state index contributed by atoms with van der Waals surface area (Å²) in [6.07, 6.45) is 5.66. The summed E-state index contributed by atoms with van der Waals surface area (Å²) in [6, 6.07) is 0.176. The fraction of sp³-hybridized carbons (Fsp3) is 0.688. The minimum Gasteiger partial charge on any atom is -0.339 e. The summed E-state index contributed by atoms with van der Waals surface area (Å²) in [5.74, 6) is 0.471. The summed E-state index contributed by atoms with van der Waals surface area (Å²) in [5.41, 5.74) is 0. The summed E-state index contributed by atoms with van der Waals surface area (Å²) in [5, 5.41) is 6.73. The predicted molar refractivity (Wildman–Crippen MR) is 89.3 cm³/mol. The van der Waals surface area contributed by atoms with E-state index in [0.717, 1.165) is 30.8 Å². The van der Waals surface area contributed by atoms with Crippen molar-refractivity contribution in [3.8, 4) is 0 Å². The van der Waals surface area contributed by atoms with Gasteiger partial charge in [0.1, 0.15) is 5.01 Å². The molecule has 3 amide bonds. The Kier molecular flexibility index (Phi) is 4.84. The van der Waals surface area contributed by atoms with Crippen LogP contribution in [-0.2, 0) is 11.2 Å². The van der Waals surface area contributed by atoms with Crippen molar-refractivity contribution in [1.29, 1.82) is 0 Å². The number of amides is 3. The van der Waals surface area contributed by atoms with Crippen molar-refractivity contribution in [3.63, 3.8) is 0 Å². The Morgan fingerprint density at radius 2 is 2.30 bits per heavy atom. The molecule has 7 heteroatoms. The zero-order valence-electron chi connectivity index (χ0n) is 13.7. The van der Waals surface area contributed by atoms with Crippen LogP contribution in [0.1, 0.15) is 49.0 Å². The van der Waals surface area contributed by atoms with Crippen molar-refractivity contribution in [3.05, 3.63) is 16.1 Å². The molecule has 1 aromatic heterocycles. The number of carbonyl (C=O) groups is 2. The lowest BCUT2D eigenvalue weighted by molar-refractivity contribution is -0.128. The van der Waals surface area contributed by atoms with E-state index in [9.17, 15) is 9.59 Å². The van der Waals surface area contributed by atoms with Crippen molar-refractivity contribution in [1.82, 2.24) is 20.5 Å². The lowest BCUT2D eigenvalue weighted by atomic mass is 10.1. The fourth-order valence-electron chi connectivity index (χ4n) is 2.92. The van der Waals surface area contributed by atoms with Gasteiger partial charge in [-0.1, -0.05) is 6.92 Å². The molecule has 23 heavy (non-hydrogen) atoms. The van der Waals surface area contributed by atoms with Crippen molar-refractivity contribution >= 4 is 23.3 Å². The molecule has 0 aromatic carbocycles. The molecule has 1 saturated carbocycles. The molecule has 2 fully saturated rings. The molecule has 0 spiro atoms. The van der Waals surface area contributed by atoms with Gasteiger partial charge in [-0.05, 0) is 26.2 Å². The monoisotopic (exact) mass is 336 g/mol. The highest BCUT2D eigenvalue weighted by Gasteiger charge is 2.39. The van der Waals surface area contributed by atoms with E-state index in [2.05, 4.69) is 22.5 Å². The first-order valence-corrected chi connectivity index (χ1v) is 9.17. The van der Waals surface area contributed by atoms with Gasteiger partial charge in [0, 0.05) is 42.5 Å². The third kappa shape index (κ3) is 4.02. The third-order valence-corrected chi connectivity index (χ3v) is 5.74. The standard InChI is InChI=1S/C16H24N4O2S/c1-3-13-8-17-15(23-13)10(2)19-16(22)18-7-11-6-14(21)20(9-11)12-4-5-12/h8,10-12H,3-7,9H2,1-2H3,(H2,18,19,22)/t10-,11-/m1/s1. The maximum Gasteiger partial charge on any atom is 0.315 e. The Balaban J connectivity index is 1.41. The second-order valence-corrected chi connectivity index (χ2v) is 7.59. The normalized spacial score (nSPS) is 22.3. The summed E-state index contributed by atoms with van der Waals surface area (Å²) in [7, 11) is 0. The average molecular weight is 336 g/mol.